The molecule has 0 radical (unpaired) electrons. The number of benzene rings is 1. The van der Waals surface area contributed by atoms with Crippen molar-refractivity contribution >= 4 is 18.1 Å². The fraction of sp³-hybridized carbons (Fsp3) is 0.526. The van der Waals surface area contributed by atoms with Crippen molar-refractivity contribution in [2.75, 3.05) is 13.1 Å². The Kier molecular flexibility index (Phi) is 4.46. The topological polar surface area (TPSA) is 53.9 Å². The number of nitrogens with one attached hydrogen (secondary N) is 1. The molecule has 2 aliphatic rings. The van der Waals surface area contributed by atoms with Crippen LogP contribution in [0.15, 0.2) is 24.3 Å². The number of hydrogen-bond donors (Lipinski definition) is 1. The van der Waals surface area contributed by atoms with Gasteiger partial charge >= 0.3 is 0 Å². The largest absolute Gasteiger partial charge is 0.342 e. The molecule has 0 bridgehead atoms. The molecule has 1 saturated carbocycles. The van der Waals surface area contributed by atoms with E-state index in [-0.39, 0.29) is 5.91 Å². The van der Waals surface area contributed by atoms with Gasteiger partial charge in [0.1, 0.15) is 0 Å². The molecular weight excluding hydrogens is 332 g/mol. The smallest absolute Gasteiger partial charge is 0.224 e. The maximum atomic E-state index is 12.6. The lowest BCUT2D eigenvalue weighted by atomic mass is 10.0. The van der Waals surface area contributed by atoms with E-state index in [1.54, 1.807) is 0 Å². The van der Waals surface area contributed by atoms with Gasteiger partial charge in [-0.25, -0.2) is 0 Å². The molecule has 1 aliphatic heterocycles. The summed E-state index contributed by atoms with van der Waals surface area (Å²) < 4.78 is 2.51. The quantitative estimate of drug-likeness (QED) is 0.852. The lowest BCUT2D eigenvalue weighted by Crippen LogP contribution is -2.30. The molecule has 4 rings (SSSR count). The van der Waals surface area contributed by atoms with Gasteiger partial charge in [-0.05, 0) is 43.8 Å². The van der Waals surface area contributed by atoms with Gasteiger partial charge in [-0.2, -0.15) is 5.10 Å². The van der Waals surface area contributed by atoms with Gasteiger partial charge in [-0.3, -0.25) is 14.5 Å². The third-order valence-corrected chi connectivity index (χ3v) is 6.01. The third-order valence-electron chi connectivity index (χ3n) is 5.70. The summed E-state index contributed by atoms with van der Waals surface area (Å²) in [5.74, 6) is 2.52. The second kappa shape index (κ2) is 6.75. The Morgan fingerprint density at radius 3 is 2.60 bits per heavy atom. The highest BCUT2D eigenvalue weighted by Gasteiger charge is 2.37. The first-order chi connectivity index (χ1) is 12.1. The van der Waals surface area contributed by atoms with Crippen molar-refractivity contribution in [3.63, 3.8) is 0 Å². The van der Waals surface area contributed by atoms with E-state index in [0.717, 1.165) is 36.3 Å². The molecule has 2 fully saturated rings. The molecule has 132 valence electrons. The highest BCUT2D eigenvalue weighted by molar-refractivity contribution is 7.71. The molecule has 5 nitrogen and oxygen atoms in total. The van der Waals surface area contributed by atoms with E-state index < -0.39 is 0 Å². The Morgan fingerprint density at radius 2 is 1.92 bits per heavy atom. The first kappa shape index (κ1) is 16.5. The minimum absolute atomic E-state index is 0.243. The zero-order valence-corrected chi connectivity index (χ0v) is 15.4. The van der Waals surface area contributed by atoms with E-state index in [1.165, 1.54) is 24.8 Å². The predicted molar refractivity (Wildman–Crippen MR) is 99.6 cm³/mol. The van der Waals surface area contributed by atoms with E-state index in [0.29, 0.717) is 17.7 Å². The fourth-order valence-electron chi connectivity index (χ4n) is 4.25. The molecule has 2 atom stereocenters. The SMILES string of the molecule is Cc1ccc(-c2n[nH]c(=S)n2CCC(=O)N2CC3CCCC3C2)cc1. The monoisotopic (exact) mass is 356 g/mol. The van der Waals surface area contributed by atoms with E-state index in [4.69, 9.17) is 12.2 Å². The molecule has 1 N–H and O–H groups in total. The average molecular weight is 356 g/mol. The molecule has 25 heavy (non-hydrogen) atoms. The average Bonchev–Trinajstić information content (AvgIpc) is 3.28. The zero-order valence-electron chi connectivity index (χ0n) is 14.6. The summed E-state index contributed by atoms with van der Waals surface area (Å²) in [6, 6.07) is 8.21. The van der Waals surface area contributed by atoms with Gasteiger partial charge in [-0.1, -0.05) is 36.2 Å². The van der Waals surface area contributed by atoms with Gasteiger partial charge in [0.05, 0.1) is 0 Å². The molecular formula is C19H24N4OS. The number of rotatable bonds is 4. The second-order valence-corrected chi connectivity index (χ2v) is 7.76. The summed E-state index contributed by atoms with van der Waals surface area (Å²) in [5, 5.41) is 7.23. The maximum absolute atomic E-state index is 12.6. The van der Waals surface area contributed by atoms with Gasteiger partial charge in [0.15, 0.2) is 10.6 Å². The van der Waals surface area contributed by atoms with Crippen molar-refractivity contribution in [3.8, 4) is 11.4 Å². The fourth-order valence-corrected chi connectivity index (χ4v) is 4.48. The van der Waals surface area contributed by atoms with Crippen LogP contribution >= 0.6 is 12.2 Å². The zero-order chi connectivity index (χ0) is 17.4. The highest BCUT2D eigenvalue weighted by Crippen LogP contribution is 2.37. The van der Waals surface area contributed by atoms with Crippen LogP contribution in [0.1, 0.15) is 31.2 Å². The number of aromatic amines is 1. The molecule has 1 aromatic heterocycles. The minimum Gasteiger partial charge on any atom is -0.342 e. The number of H-pyrrole nitrogens is 1. The van der Waals surface area contributed by atoms with E-state index in [1.807, 2.05) is 16.7 Å². The standard InChI is InChI=1S/C19H24N4OS/c1-13-5-7-14(8-6-13)18-20-21-19(25)23(18)10-9-17(24)22-11-15-3-2-4-16(15)12-22/h5-8,15-16H,2-4,9-12H2,1H3,(H,21,25). The molecule has 1 aliphatic carbocycles. The van der Waals surface area contributed by atoms with Crippen LogP contribution in [0, 0.1) is 23.5 Å². The molecule has 0 spiro atoms. The maximum Gasteiger partial charge on any atom is 0.224 e. The minimum atomic E-state index is 0.243. The summed E-state index contributed by atoms with van der Waals surface area (Å²) in [4.78, 5) is 14.7. The Labute approximate surface area is 153 Å². The van der Waals surface area contributed by atoms with Gasteiger partial charge in [-0.15, -0.1) is 0 Å². The summed E-state index contributed by atoms with van der Waals surface area (Å²) in [7, 11) is 0. The summed E-state index contributed by atoms with van der Waals surface area (Å²) in [6.45, 7) is 4.53. The summed E-state index contributed by atoms with van der Waals surface area (Å²) in [5.41, 5.74) is 2.22. The number of likely N-dealkylation sites (tertiary alicyclic amines) is 1. The van der Waals surface area contributed by atoms with Crippen LogP contribution in [0.25, 0.3) is 11.4 Å². The van der Waals surface area contributed by atoms with Crippen molar-refractivity contribution in [2.24, 2.45) is 11.8 Å². The second-order valence-electron chi connectivity index (χ2n) is 7.37. The Bertz CT molecular complexity index is 811. The molecule has 2 unspecified atom stereocenters. The summed E-state index contributed by atoms with van der Waals surface area (Å²) >= 11 is 5.37. The van der Waals surface area contributed by atoms with E-state index in [2.05, 4.69) is 34.2 Å². The lowest BCUT2D eigenvalue weighted by Gasteiger charge is -2.17. The van der Waals surface area contributed by atoms with Crippen molar-refractivity contribution in [2.45, 2.75) is 39.2 Å². The highest BCUT2D eigenvalue weighted by atomic mass is 32.1. The van der Waals surface area contributed by atoms with Crippen LogP contribution < -0.4 is 0 Å². The lowest BCUT2D eigenvalue weighted by molar-refractivity contribution is -0.130. The van der Waals surface area contributed by atoms with Crippen LogP contribution in [-0.4, -0.2) is 38.7 Å². The summed E-state index contributed by atoms with van der Waals surface area (Å²) in [6.07, 6.45) is 4.39. The number of fused-ring (bicyclic) bond motifs is 1. The molecule has 1 aromatic carbocycles. The van der Waals surface area contributed by atoms with Gasteiger partial charge in [0, 0.05) is 31.6 Å². The Morgan fingerprint density at radius 1 is 1.24 bits per heavy atom. The van der Waals surface area contributed by atoms with Crippen molar-refractivity contribution in [1.29, 1.82) is 0 Å². The number of aryl methyl sites for hydroxylation is 1. The molecule has 2 aromatic rings. The molecule has 1 amide bonds. The number of hydrogen-bond acceptors (Lipinski definition) is 3. The predicted octanol–water partition coefficient (Wildman–Crippen LogP) is 3.56. The van der Waals surface area contributed by atoms with Gasteiger partial charge < -0.3 is 4.90 Å². The number of carbonyl (C=O) groups excluding carboxylic acids is 1. The van der Waals surface area contributed by atoms with Crippen LogP contribution in [-0.2, 0) is 11.3 Å². The van der Waals surface area contributed by atoms with Crippen LogP contribution in [0.3, 0.4) is 0 Å². The third kappa shape index (κ3) is 3.27. The van der Waals surface area contributed by atoms with Crippen molar-refractivity contribution < 1.29 is 4.79 Å². The Hall–Kier alpha value is -1.95. The van der Waals surface area contributed by atoms with Crippen LogP contribution in [0.5, 0.6) is 0 Å². The Balaban J connectivity index is 1.44. The number of nitrogens with zero attached hydrogens (tertiary/aromatic N) is 3. The number of carbonyl (C=O) groups is 1. The van der Waals surface area contributed by atoms with Gasteiger partial charge in [0.25, 0.3) is 0 Å². The van der Waals surface area contributed by atoms with Crippen LogP contribution in [0.4, 0.5) is 0 Å². The van der Waals surface area contributed by atoms with E-state index >= 15 is 0 Å². The van der Waals surface area contributed by atoms with Crippen molar-refractivity contribution in [1.82, 2.24) is 19.7 Å². The normalized spacial score (nSPS) is 22.4. The number of amides is 1. The van der Waals surface area contributed by atoms with E-state index in [9.17, 15) is 4.79 Å². The van der Waals surface area contributed by atoms with Crippen LogP contribution in [0.2, 0.25) is 0 Å². The van der Waals surface area contributed by atoms with Gasteiger partial charge in [0.2, 0.25) is 5.91 Å². The molecule has 2 heterocycles. The first-order valence-electron chi connectivity index (χ1n) is 9.12. The molecule has 6 heteroatoms. The van der Waals surface area contributed by atoms with Crippen molar-refractivity contribution in [3.05, 3.63) is 34.6 Å². The first-order valence-corrected chi connectivity index (χ1v) is 9.52. The molecule has 1 saturated heterocycles. The number of aromatic nitrogens is 3.